The maximum atomic E-state index is 2.38. The summed E-state index contributed by atoms with van der Waals surface area (Å²) in [5.74, 6) is 0. The molecule has 1 aromatic rings. The lowest BCUT2D eigenvalue weighted by Gasteiger charge is -2.18. The van der Waals surface area contributed by atoms with Gasteiger partial charge in [-0.1, -0.05) is 24.3 Å². The van der Waals surface area contributed by atoms with Crippen molar-refractivity contribution in [3.05, 3.63) is 35.4 Å². The van der Waals surface area contributed by atoms with E-state index in [1.807, 2.05) is 0 Å². The lowest BCUT2D eigenvalue weighted by Crippen LogP contribution is -1.96. The fraction of sp³-hybridized carbons (Fsp3) is 0. The summed E-state index contributed by atoms with van der Waals surface area (Å²) in [5.41, 5.74) is 2.82. The molecule has 0 unspecified atom stereocenters. The Morgan fingerprint density at radius 2 is 1.20 bits per heavy atom. The second-order valence-electron chi connectivity index (χ2n) is 2.17. The van der Waals surface area contributed by atoms with E-state index in [9.17, 15) is 0 Å². The third kappa shape index (κ3) is 0.845. The topological polar surface area (TPSA) is 0 Å². The van der Waals surface area contributed by atoms with Crippen molar-refractivity contribution in [2.45, 2.75) is 0 Å². The molecular formula is C8H4I2. The third-order valence-corrected chi connectivity index (χ3v) is 4.87. The lowest BCUT2D eigenvalue weighted by atomic mass is 9.98. The molecule has 0 heterocycles. The Labute approximate surface area is 87.0 Å². The minimum absolute atomic E-state index is 1.41. The molecule has 1 aliphatic carbocycles. The van der Waals surface area contributed by atoms with Crippen LogP contribution in [-0.4, -0.2) is 0 Å². The predicted molar refractivity (Wildman–Crippen MR) is 61.3 cm³/mol. The number of hydrogen-bond donors (Lipinski definition) is 0. The molecule has 0 saturated heterocycles. The summed E-state index contributed by atoms with van der Waals surface area (Å²) in [6.45, 7) is 0. The van der Waals surface area contributed by atoms with Gasteiger partial charge in [0.25, 0.3) is 0 Å². The van der Waals surface area contributed by atoms with Gasteiger partial charge in [0.15, 0.2) is 0 Å². The van der Waals surface area contributed by atoms with Gasteiger partial charge in [0.1, 0.15) is 0 Å². The van der Waals surface area contributed by atoms with E-state index in [2.05, 4.69) is 69.4 Å². The standard InChI is InChI=1S/C8H4I2/c9-7-5-3-1-2-4-6(5)8(7)10/h1-4H. The molecule has 0 fully saturated rings. The van der Waals surface area contributed by atoms with E-state index in [4.69, 9.17) is 0 Å². The molecule has 0 radical (unpaired) electrons. The predicted octanol–water partition coefficient (Wildman–Crippen LogP) is 3.70. The quantitative estimate of drug-likeness (QED) is 0.624. The molecular weight excluding hydrogens is 350 g/mol. The molecule has 1 aromatic carbocycles. The summed E-state index contributed by atoms with van der Waals surface area (Å²) in [5, 5.41) is 0. The fourth-order valence-electron chi connectivity index (χ4n) is 1.04. The van der Waals surface area contributed by atoms with Crippen molar-refractivity contribution < 1.29 is 0 Å². The lowest BCUT2D eigenvalue weighted by molar-refractivity contribution is 1.57. The number of halogens is 2. The number of fused-ring (bicyclic) bond motifs is 1. The molecule has 10 heavy (non-hydrogen) atoms. The first-order chi connectivity index (χ1) is 4.80. The van der Waals surface area contributed by atoms with Gasteiger partial charge in [-0.05, 0) is 56.3 Å². The third-order valence-electron chi connectivity index (χ3n) is 1.59. The molecule has 0 N–H and O–H groups in total. The minimum atomic E-state index is 1.41. The van der Waals surface area contributed by atoms with Crippen molar-refractivity contribution in [2.75, 3.05) is 0 Å². The van der Waals surface area contributed by atoms with Crippen LogP contribution in [0.25, 0.3) is 7.16 Å². The maximum Gasteiger partial charge on any atom is 0.0349 e. The Bertz CT molecular complexity index is 282. The zero-order chi connectivity index (χ0) is 7.14. The van der Waals surface area contributed by atoms with E-state index in [0.29, 0.717) is 0 Å². The molecule has 0 spiro atoms. The van der Waals surface area contributed by atoms with Gasteiger partial charge < -0.3 is 0 Å². The zero-order valence-corrected chi connectivity index (χ0v) is 9.38. The van der Waals surface area contributed by atoms with Gasteiger partial charge in [0.05, 0.1) is 0 Å². The Morgan fingerprint density at radius 3 is 1.60 bits per heavy atom. The maximum absolute atomic E-state index is 2.38. The molecule has 0 saturated carbocycles. The highest BCUT2D eigenvalue weighted by Crippen LogP contribution is 2.47. The van der Waals surface area contributed by atoms with Crippen LogP contribution in [0.3, 0.4) is 0 Å². The van der Waals surface area contributed by atoms with E-state index in [1.165, 1.54) is 18.3 Å². The van der Waals surface area contributed by atoms with Gasteiger partial charge in [0.2, 0.25) is 0 Å². The SMILES string of the molecule is IC1=C(I)c2ccccc21. The summed E-state index contributed by atoms with van der Waals surface area (Å²) in [6, 6.07) is 8.50. The van der Waals surface area contributed by atoms with Crippen LogP contribution in [0.15, 0.2) is 24.3 Å². The first-order valence-corrected chi connectivity index (χ1v) is 5.11. The Balaban J connectivity index is 2.62. The summed E-state index contributed by atoms with van der Waals surface area (Å²) < 4.78 is 2.82. The monoisotopic (exact) mass is 354 g/mol. The second-order valence-corrected chi connectivity index (χ2v) is 4.33. The van der Waals surface area contributed by atoms with Gasteiger partial charge in [0, 0.05) is 7.16 Å². The smallest absolute Gasteiger partial charge is 0.0349 e. The molecule has 0 amide bonds. The Morgan fingerprint density at radius 1 is 0.800 bits per heavy atom. The highest BCUT2D eigenvalue weighted by atomic mass is 127. The molecule has 0 bridgehead atoms. The van der Waals surface area contributed by atoms with Crippen LogP contribution in [0.1, 0.15) is 11.1 Å². The van der Waals surface area contributed by atoms with Crippen LogP contribution < -0.4 is 0 Å². The first kappa shape index (κ1) is 7.09. The molecule has 50 valence electrons. The van der Waals surface area contributed by atoms with E-state index in [0.717, 1.165) is 0 Å². The molecule has 0 aliphatic heterocycles. The van der Waals surface area contributed by atoms with Crippen molar-refractivity contribution >= 4 is 52.3 Å². The van der Waals surface area contributed by atoms with E-state index >= 15 is 0 Å². The summed E-state index contributed by atoms with van der Waals surface area (Å²) >= 11 is 4.77. The van der Waals surface area contributed by atoms with Crippen molar-refractivity contribution in [1.82, 2.24) is 0 Å². The van der Waals surface area contributed by atoms with Crippen molar-refractivity contribution in [3.63, 3.8) is 0 Å². The first-order valence-electron chi connectivity index (χ1n) is 2.96. The second kappa shape index (κ2) is 2.48. The van der Waals surface area contributed by atoms with E-state index in [-0.39, 0.29) is 0 Å². The van der Waals surface area contributed by atoms with E-state index < -0.39 is 0 Å². The fourth-order valence-corrected chi connectivity index (χ4v) is 2.56. The summed E-state index contributed by atoms with van der Waals surface area (Å²) in [4.78, 5) is 0. The van der Waals surface area contributed by atoms with Crippen LogP contribution in [-0.2, 0) is 0 Å². The zero-order valence-electron chi connectivity index (χ0n) is 5.07. The summed E-state index contributed by atoms with van der Waals surface area (Å²) in [6.07, 6.45) is 0. The van der Waals surface area contributed by atoms with Gasteiger partial charge in [-0.15, -0.1) is 0 Å². The van der Waals surface area contributed by atoms with Gasteiger partial charge in [-0.25, -0.2) is 0 Å². The molecule has 0 nitrogen and oxygen atoms in total. The van der Waals surface area contributed by atoms with Crippen molar-refractivity contribution in [3.8, 4) is 0 Å². The summed E-state index contributed by atoms with van der Waals surface area (Å²) in [7, 11) is 0. The van der Waals surface area contributed by atoms with Crippen LogP contribution in [0.5, 0.6) is 0 Å². The van der Waals surface area contributed by atoms with E-state index in [1.54, 1.807) is 0 Å². The Kier molecular flexibility index (Phi) is 1.76. The van der Waals surface area contributed by atoms with Crippen molar-refractivity contribution in [2.24, 2.45) is 0 Å². The average Bonchev–Trinajstić information content (AvgIpc) is 2.03. The number of benzene rings is 1. The molecule has 2 heteroatoms. The van der Waals surface area contributed by atoms with Gasteiger partial charge >= 0.3 is 0 Å². The molecule has 0 atom stereocenters. The average molecular weight is 354 g/mol. The van der Waals surface area contributed by atoms with Gasteiger partial charge in [-0.2, -0.15) is 0 Å². The minimum Gasteiger partial charge on any atom is -0.0616 e. The number of rotatable bonds is 0. The number of hydrogen-bond acceptors (Lipinski definition) is 0. The highest BCUT2D eigenvalue weighted by Gasteiger charge is 2.19. The Hall–Kier alpha value is 0.420. The van der Waals surface area contributed by atoms with Gasteiger partial charge in [-0.3, -0.25) is 0 Å². The molecule has 1 aliphatic rings. The highest BCUT2D eigenvalue weighted by molar-refractivity contribution is 14.1. The van der Waals surface area contributed by atoms with Crippen molar-refractivity contribution in [1.29, 1.82) is 0 Å². The van der Waals surface area contributed by atoms with Crippen LogP contribution in [0, 0.1) is 0 Å². The molecule has 0 aromatic heterocycles. The molecule has 2 rings (SSSR count). The van der Waals surface area contributed by atoms with Crippen LogP contribution >= 0.6 is 45.2 Å². The van der Waals surface area contributed by atoms with Crippen LogP contribution in [0.4, 0.5) is 0 Å². The normalized spacial score (nSPS) is 14.6. The largest absolute Gasteiger partial charge is 0.0616 e. The van der Waals surface area contributed by atoms with Crippen LogP contribution in [0.2, 0.25) is 0 Å².